The zero-order valence-corrected chi connectivity index (χ0v) is 11.5. The average molecular weight is 272 g/mol. The predicted octanol–water partition coefficient (Wildman–Crippen LogP) is 1.65. The Labute approximate surface area is 119 Å². The Morgan fingerprint density at radius 2 is 2.15 bits per heavy atom. The monoisotopic (exact) mass is 272 g/mol. The summed E-state index contributed by atoms with van der Waals surface area (Å²) in [7, 11) is 0. The van der Waals surface area contributed by atoms with Gasteiger partial charge in [-0.25, -0.2) is 0 Å². The fraction of sp³-hybridized carbons (Fsp3) is 0.500. The Bertz CT molecular complexity index is 481. The van der Waals surface area contributed by atoms with Gasteiger partial charge in [0.05, 0.1) is 12.2 Å². The number of carbonyl (C=O) groups is 1. The minimum Gasteiger partial charge on any atom is -0.393 e. The van der Waals surface area contributed by atoms with Crippen molar-refractivity contribution in [2.45, 2.75) is 31.8 Å². The minimum absolute atomic E-state index is 0.134. The topological polar surface area (TPSA) is 73.1 Å². The fourth-order valence-electron chi connectivity index (χ4n) is 2.66. The second-order valence-electron chi connectivity index (χ2n) is 5.37. The van der Waals surface area contributed by atoms with Crippen LogP contribution in [0.3, 0.4) is 0 Å². The number of nitriles is 1. The highest BCUT2D eigenvalue weighted by molar-refractivity contribution is 5.81. The molecule has 0 radical (unpaired) electrons. The van der Waals surface area contributed by atoms with E-state index in [1.807, 2.05) is 30.3 Å². The van der Waals surface area contributed by atoms with Crippen molar-refractivity contribution in [3.63, 3.8) is 0 Å². The summed E-state index contributed by atoms with van der Waals surface area (Å²) >= 11 is 0. The fourth-order valence-corrected chi connectivity index (χ4v) is 2.66. The van der Waals surface area contributed by atoms with Crippen LogP contribution in [-0.2, 0) is 11.2 Å². The van der Waals surface area contributed by atoms with Crippen LogP contribution in [-0.4, -0.2) is 23.7 Å². The van der Waals surface area contributed by atoms with E-state index in [-0.39, 0.29) is 17.9 Å². The first-order valence-electron chi connectivity index (χ1n) is 7.10. The highest BCUT2D eigenvalue weighted by atomic mass is 16.3. The number of benzene rings is 1. The van der Waals surface area contributed by atoms with Gasteiger partial charge in [0.1, 0.15) is 5.92 Å². The number of carbonyl (C=O) groups excluding carboxylic acids is 1. The number of amides is 1. The van der Waals surface area contributed by atoms with Gasteiger partial charge < -0.3 is 10.4 Å². The van der Waals surface area contributed by atoms with Crippen molar-refractivity contribution in [2.24, 2.45) is 11.8 Å². The van der Waals surface area contributed by atoms with Crippen molar-refractivity contribution >= 4 is 5.91 Å². The maximum absolute atomic E-state index is 12.0. The molecule has 3 atom stereocenters. The summed E-state index contributed by atoms with van der Waals surface area (Å²) in [5.74, 6) is -0.776. The Balaban J connectivity index is 1.85. The highest BCUT2D eigenvalue weighted by Gasteiger charge is 2.26. The van der Waals surface area contributed by atoms with Gasteiger partial charge in [0.25, 0.3) is 0 Å². The first-order chi connectivity index (χ1) is 9.70. The molecule has 1 fully saturated rings. The molecule has 0 heterocycles. The largest absolute Gasteiger partial charge is 0.393 e. The zero-order valence-electron chi connectivity index (χ0n) is 11.5. The smallest absolute Gasteiger partial charge is 0.237 e. The van der Waals surface area contributed by atoms with Gasteiger partial charge in [-0.05, 0) is 24.8 Å². The summed E-state index contributed by atoms with van der Waals surface area (Å²) in [4.78, 5) is 12.0. The number of nitrogens with one attached hydrogen (secondary N) is 1. The molecule has 0 spiro atoms. The lowest BCUT2D eigenvalue weighted by Gasteiger charge is -2.16. The number of nitrogens with zero attached hydrogens (tertiary/aromatic N) is 1. The van der Waals surface area contributed by atoms with Crippen LogP contribution in [0.5, 0.6) is 0 Å². The van der Waals surface area contributed by atoms with Crippen LogP contribution >= 0.6 is 0 Å². The third kappa shape index (κ3) is 3.82. The maximum atomic E-state index is 12.0. The molecule has 1 aliphatic carbocycles. The van der Waals surface area contributed by atoms with Crippen molar-refractivity contribution in [3.8, 4) is 6.07 Å². The molecule has 1 amide bonds. The first-order valence-corrected chi connectivity index (χ1v) is 7.10. The highest BCUT2D eigenvalue weighted by Crippen LogP contribution is 2.24. The van der Waals surface area contributed by atoms with Gasteiger partial charge in [0, 0.05) is 12.5 Å². The number of rotatable bonds is 5. The normalized spacial score (nSPS) is 23.0. The summed E-state index contributed by atoms with van der Waals surface area (Å²) in [6.07, 6.45) is 2.87. The molecular weight excluding hydrogens is 252 g/mol. The van der Waals surface area contributed by atoms with Crippen molar-refractivity contribution < 1.29 is 9.90 Å². The second-order valence-corrected chi connectivity index (χ2v) is 5.37. The molecule has 4 heteroatoms. The molecule has 0 aromatic heterocycles. The van der Waals surface area contributed by atoms with E-state index >= 15 is 0 Å². The molecule has 1 saturated carbocycles. The van der Waals surface area contributed by atoms with Gasteiger partial charge in [-0.2, -0.15) is 5.26 Å². The SMILES string of the molecule is N#CC(Cc1ccccc1)C(=O)NCC1CCCC1O. The molecule has 3 unspecified atom stereocenters. The lowest BCUT2D eigenvalue weighted by Crippen LogP contribution is -2.36. The maximum Gasteiger partial charge on any atom is 0.237 e. The van der Waals surface area contributed by atoms with Gasteiger partial charge in [-0.15, -0.1) is 0 Å². The van der Waals surface area contributed by atoms with Gasteiger partial charge in [0.15, 0.2) is 0 Å². The lowest BCUT2D eigenvalue weighted by atomic mass is 9.99. The predicted molar refractivity (Wildman–Crippen MR) is 75.6 cm³/mol. The molecule has 106 valence electrons. The summed E-state index contributed by atoms with van der Waals surface area (Å²) in [5.41, 5.74) is 0.982. The van der Waals surface area contributed by atoms with Crippen molar-refractivity contribution in [1.82, 2.24) is 5.32 Å². The molecule has 2 N–H and O–H groups in total. The van der Waals surface area contributed by atoms with Crippen LogP contribution in [0, 0.1) is 23.2 Å². The molecule has 0 bridgehead atoms. The van der Waals surface area contributed by atoms with Crippen molar-refractivity contribution in [2.75, 3.05) is 6.54 Å². The van der Waals surface area contributed by atoms with Crippen LogP contribution in [0.1, 0.15) is 24.8 Å². The van der Waals surface area contributed by atoms with Crippen molar-refractivity contribution in [3.05, 3.63) is 35.9 Å². The first kappa shape index (κ1) is 14.5. The Morgan fingerprint density at radius 1 is 1.40 bits per heavy atom. The van der Waals surface area contributed by atoms with Crippen LogP contribution in [0.15, 0.2) is 30.3 Å². The number of aliphatic hydroxyl groups is 1. The minimum atomic E-state index is -0.670. The molecule has 0 saturated heterocycles. The molecular formula is C16H20N2O2. The molecule has 2 rings (SSSR count). The summed E-state index contributed by atoms with van der Waals surface area (Å²) < 4.78 is 0. The molecule has 20 heavy (non-hydrogen) atoms. The second kappa shape index (κ2) is 7.06. The third-order valence-corrected chi connectivity index (χ3v) is 3.91. The van der Waals surface area contributed by atoms with Crippen LogP contribution in [0.25, 0.3) is 0 Å². The Kier molecular flexibility index (Phi) is 5.14. The number of hydrogen-bond acceptors (Lipinski definition) is 3. The Hall–Kier alpha value is -1.86. The van der Waals surface area contributed by atoms with Gasteiger partial charge in [-0.3, -0.25) is 4.79 Å². The molecule has 1 aliphatic rings. The lowest BCUT2D eigenvalue weighted by molar-refractivity contribution is -0.123. The number of hydrogen-bond donors (Lipinski definition) is 2. The quantitative estimate of drug-likeness (QED) is 0.856. The van der Waals surface area contributed by atoms with Crippen LogP contribution in [0.2, 0.25) is 0 Å². The molecule has 4 nitrogen and oxygen atoms in total. The van der Waals surface area contributed by atoms with E-state index in [1.165, 1.54) is 0 Å². The van der Waals surface area contributed by atoms with Crippen LogP contribution < -0.4 is 5.32 Å². The molecule has 1 aromatic carbocycles. The van der Waals surface area contributed by atoms with Gasteiger partial charge >= 0.3 is 0 Å². The third-order valence-electron chi connectivity index (χ3n) is 3.91. The van der Waals surface area contributed by atoms with E-state index in [0.29, 0.717) is 13.0 Å². The summed E-state index contributed by atoms with van der Waals surface area (Å²) in [6, 6.07) is 11.6. The summed E-state index contributed by atoms with van der Waals surface area (Å²) in [6.45, 7) is 0.465. The Morgan fingerprint density at radius 3 is 2.75 bits per heavy atom. The number of aliphatic hydroxyl groups excluding tert-OH is 1. The van der Waals surface area contributed by atoms with Crippen molar-refractivity contribution in [1.29, 1.82) is 5.26 Å². The standard InChI is InChI=1S/C16H20N2O2/c17-10-14(9-12-5-2-1-3-6-12)16(20)18-11-13-7-4-8-15(13)19/h1-3,5-6,13-15,19H,4,7-9,11H2,(H,18,20). The molecule has 1 aromatic rings. The van der Waals surface area contributed by atoms with E-state index in [9.17, 15) is 9.90 Å². The zero-order chi connectivity index (χ0) is 14.4. The van der Waals surface area contributed by atoms with Crippen LogP contribution in [0.4, 0.5) is 0 Å². The van der Waals surface area contributed by atoms with Gasteiger partial charge in [0.2, 0.25) is 5.91 Å². The van der Waals surface area contributed by atoms with E-state index in [1.54, 1.807) is 0 Å². The van der Waals surface area contributed by atoms with E-state index in [2.05, 4.69) is 11.4 Å². The van der Waals surface area contributed by atoms with E-state index < -0.39 is 5.92 Å². The average Bonchev–Trinajstić information content (AvgIpc) is 2.88. The summed E-state index contributed by atoms with van der Waals surface area (Å²) in [5, 5.41) is 21.7. The van der Waals surface area contributed by atoms with E-state index in [0.717, 1.165) is 24.8 Å². The molecule has 0 aliphatic heterocycles. The van der Waals surface area contributed by atoms with E-state index in [4.69, 9.17) is 5.26 Å². The van der Waals surface area contributed by atoms with Gasteiger partial charge in [-0.1, -0.05) is 36.8 Å².